The zero-order valence-corrected chi connectivity index (χ0v) is 20.9. The van der Waals surface area contributed by atoms with Crippen LogP contribution in [0.25, 0.3) is 11.1 Å². The SMILES string of the molecule is COC(=O)C1CCC(N(C)c2cc(-c3cccnc3)ccc2OC)C1c1ccc(F)cc1.Cl.Cl. The minimum Gasteiger partial charge on any atom is -0.495 e. The van der Waals surface area contributed by atoms with Gasteiger partial charge in [0, 0.05) is 37.0 Å². The Hall–Kier alpha value is -2.83. The number of ether oxygens (including phenoxy) is 2. The van der Waals surface area contributed by atoms with Crippen molar-refractivity contribution in [2.24, 2.45) is 5.92 Å². The zero-order chi connectivity index (χ0) is 22.7. The van der Waals surface area contributed by atoms with E-state index in [0.717, 1.165) is 34.5 Å². The van der Waals surface area contributed by atoms with Gasteiger partial charge in [0.1, 0.15) is 11.6 Å². The maximum atomic E-state index is 13.6. The highest BCUT2D eigenvalue weighted by Crippen LogP contribution is 2.46. The molecule has 0 spiro atoms. The molecule has 0 saturated heterocycles. The maximum Gasteiger partial charge on any atom is 0.309 e. The Morgan fingerprint density at radius 2 is 1.76 bits per heavy atom. The summed E-state index contributed by atoms with van der Waals surface area (Å²) in [5, 5.41) is 0. The van der Waals surface area contributed by atoms with Gasteiger partial charge >= 0.3 is 5.97 Å². The van der Waals surface area contributed by atoms with Crippen LogP contribution in [0.5, 0.6) is 5.75 Å². The molecule has 3 atom stereocenters. The van der Waals surface area contributed by atoms with E-state index >= 15 is 0 Å². The van der Waals surface area contributed by atoms with Crippen LogP contribution in [-0.4, -0.2) is 38.3 Å². The molecule has 1 heterocycles. The van der Waals surface area contributed by atoms with Crippen molar-refractivity contribution in [2.45, 2.75) is 24.8 Å². The molecule has 1 aromatic heterocycles. The number of benzene rings is 2. The maximum absolute atomic E-state index is 13.6. The molecule has 182 valence electrons. The van der Waals surface area contributed by atoms with Crippen molar-refractivity contribution in [1.82, 2.24) is 4.98 Å². The Balaban J connectivity index is 0.00000204. The standard InChI is InChI=1S/C26H27FN2O3.2ClH/c1-29(23-15-18(8-13-24(23)31-2)19-5-4-14-28-16-19)22-12-11-21(26(30)32-3)25(22)17-6-9-20(27)10-7-17;;/h4-10,13-16,21-22,25H,11-12H2,1-3H3;2*1H. The molecule has 0 bridgehead atoms. The minimum absolute atomic E-state index is 0. The van der Waals surface area contributed by atoms with Gasteiger partial charge in [-0.25, -0.2) is 4.39 Å². The number of hydrogen-bond donors (Lipinski definition) is 0. The van der Waals surface area contributed by atoms with E-state index in [1.165, 1.54) is 19.2 Å². The quantitative estimate of drug-likeness (QED) is 0.389. The summed E-state index contributed by atoms with van der Waals surface area (Å²) in [7, 11) is 5.09. The summed E-state index contributed by atoms with van der Waals surface area (Å²) < 4.78 is 24.4. The Kier molecular flexibility index (Phi) is 9.71. The second-order valence-electron chi connectivity index (χ2n) is 8.09. The van der Waals surface area contributed by atoms with Crippen LogP contribution >= 0.6 is 24.8 Å². The molecular formula is C26H29Cl2FN2O3. The molecule has 1 aliphatic carbocycles. The highest BCUT2D eigenvalue weighted by Gasteiger charge is 2.44. The number of anilines is 1. The van der Waals surface area contributed by atoms with E-state index in [-0.39, 0.29) is 54.5 Å². The van der Waals surface area contributed by atoms with Crippen molar-refractivity contribution in [3.05, 3.63) is 78.4 Å². The van der Waals surface area contributed by atoms with Crippen molar-refractivity contribution in [2.75, 3.05) is 26.2 Å². The molecule has 3 unspecified atom stereocenters. The summed E-state index contributed by atoms with van der Waals surface area (Å²) in [5.74, 6) is -0.187. The van der Waals surface area contributed by atoms with Gasteiger partial charge in [-0.15, -0.1) is 24.8 Å². The van der Waals surface area contributed by atoms with Crippen LogP contribution in [0.1, 0.15) is 24.3 Å². The number of pyridine rings is 1. The first kappa shape index (κ1) is 27.4. The molecule has 1 saturated carbocycles. The average molecular weight is 507 g/mol. The third-order valence-electron chi connectivity index (χ3n) is 6.43. The smallest absolute Gasteiger partial charge is 0.309 e. The van der Waals surface area contributed by atoms with E-state index < -0.39 is 0 Å². The van der Waals surface area contributed by atoms with Crippen LogP contribution in [0.3, 0.4) is 0 Å². The van der Waals surface area contributed by atoms with E-state index in [0.29, 0.717) is 6.42 Å². The number of methoxy groups -OCH3 is 2. The van der Waals surface area contributed by atoms with E-state index in [1.54, 1.807) is 25.4 Å². The van der Waals surface area contributed by atoms with Gasteiger partial charge in [0.25, 0.3) is 0 Å². The molecular weight excluding hydrogens is 478 g/mol. The molecule has 1 aliphatic rings. The molecule has 0 radical (unpaired) electrons. The highest BCUT2D eigenvalue weighted by molar-refractivity contribution is 5.85. The van der Waals surface area contributed by atoms with Crippen LogP contribution in [-0.2, 0) is 9.53 Å². The number of aromatic nitrogens is 1. The monoisotopic (exact) mass is 506 g/mol. The number of esters is 1. The van der Waals surface area contributed by atoms with Crippen molar-refractivity contribution in [3.63, 3.8) is 0 Å². The summed E-state index contributed by atoms with van der Waals surface area (Å²) >= 11 is 0. The second-order valence-corrected chi connectivity index (χ2v) is 8.09. The number of carbonyl (C=O) groups is 1. The number of rotatable bonds is 6. The molecule has 0 N–H and O–H groups in total. The van der Waals surface area contributed by atoms with Crippen LogP contribution < -0.4 is 9.64 Å². The molecule has 1 fully saturated rings. The fraction of sp³-hybridized carbons (Fsp3) is 0.308. The van der Waals surface area contributed by atoms with E-state index in [4.69, 9.17) is 9.47 Å². The summed E-state index contributed by atoms with van der Waals surface area (Å²) in [6.45, 7) is 0. The summed E-state index contributed by atoms with van der Waals surface area (Å²) in [6, 6.07) is 16.4. The number of hydrogen-bond acceptors (Lipinski definition) is 5. The Morgan fingerprint density at radius 3 is 2.38 bits per heavy atom. The Bertz CT molecular complexity index is 1080. The van der Waals surface area contributed by atoms with Gasteiger partial charge in [0.15, 0.2) is 0 Å². The lowest BCUT2D eigenvalue weighted by atomic mass is 9.85. The number of likely N-dealkylation sites (N-methyl/N-ethyl adjacent to an activating group) is 1. The van der Waals surface area contributed by atoms with E-state index in [9.17, 15) is 9.18 Å². The van der Waals surface area contributed by atoms with Crippen molar-refractivity contribution < 1.29 is 18.7 Å². The van der Waals surface area contributed by atoms with Gasteiger partial charge in [0.2, 0.25) is 0 Å². The lowest BCUT2D eigenvalue weighted by molar-refractivity contribution is -0.145. The fourth-order valence-corrected chi connectivity index (χ4v) is 4.82. The van der Waals surface area contributed by atoms with Gasteiger partial charge in [0.05, 0.1) is 25.8 Å². The highest BCUT2D eigenvalue weighted by atomic mass is 35.5. The Morgan fingerprint density at radius 1 is 1.03 bits per heavy atom. The molecule has 0 amide bonds. The zero-order valence-electron chi connectivity index (χ0n) is 19.3. The number of halogens is 3. The predicted molar refractivity (Wildman–Crippen MR) is 137 cm³/mol. The second kappa shape index (κ2) is 12.0. The van der Waals surface area contributed by atoms with Crippen LogP contribution in [0, 0.1) is 11.7 Å². The first-order valence-electron chi connectivity index (χ1n) is 10.7. The molecule has 8 heteroatoms. The lowest BCUT2D eigenvalue weighted by Crippen LogP contribution is -2.36. The number of nitrogens with zero attached hydrogens (tertiary/aromatic N) is 2. The predicted octanol–water partition coefficient (Wildman–Crippen LogP) is 5.91. The molecule has 0 aliphatic heterocycles. The van der Waals surface area contributed by atoms with Crippen LogP contribution in [0.15, 0.2) is 67.0 Å². The van der Waals surface area contributed by atoms with Crippen molar-refractivity contribution >= 4 is 36.5 Å². The van der Waals surface area contributed by atoms with Crippen molar-refractivity contribution in [1.29, 1.82) is 0 Å². The average Bonchev–Trinajstić information content (AvgIpc) is 3.29. The summed E-state index contributed by atoms with van der Waals surface area (Å²) in [5.41, 5.74) is 3.90. The van der Waals surface area contributed by atoms with Gasteiger partial charge in [-0.3, -0.25) is 9.78 Å². The Labute approximate surface area is 212 Å². The van der Waals surface area contributed by atoms with E-state index in [1.807, 2.05) is 37.5 Å². The first-order valence-corrected chi connectivity index (χ1v) is 10.7. The lowest BCUT2D eigenvalue weighted by Gasteiger charge is -2.34. The van der Waals surface area contributed by atoms with Gasteiger partial charge in [-0.05, 0) is 54.3 Å². The van der Waals surface area contributed by atoms with Crippen molar-refractivity contribution in [3.8, 4) is 16.9 Å². The molecule has 34 heavy (non-hydrogen) atoms. The van der Waals surface area contributed by atoms with E-state index in [2.05, 4.69) is 16.0 Å². The van der Waals surface area contributed by atoms with Crippen LogP contribution in [0.2, 0.25) is 0 Å². The molecule has 5 nitrogen and oxygen atoms in total. The minimum atomic E-state index is -0.294. The van der Waals surface area contributed by atoms with Gasteiger partial charge in [-0.2, -0.15) is 0 Å². The van der Waals surface area contributed by atoms with Gasteiger partial charge in [-0.1, -0.05) is 24.3 Å². The molecule has 3 aromatic rings. The third-order valence-corrected chi connectivity index (χ3v) is 6.43. The largest absolute Gasteiger partial charge is 0.495 e. The van der Waals surface area contributed by atoms with Crippen LogP contribution in [0.4, 0.5) is 10.1 Å². The summed E-state index contributed by atoms with van der Waals surface area (Å²) in [4.78, 5) is 19.0. The topological polar surface area (TPSA) is 51.7 Å². The van der Waals surface area contributed by atoms with Gasteiger partial charge < -0.3 is 14.4 Å². The molecule has 2 aromatic carbocycles. The summed E-state index contributed by atoms with van der Waals surface area (Å²) in [6.07, 6.45) is 5.08. The fourth-order valence-electron chi connectivity index (χ4n) is 4.82. The molecule has 4 rings (SSSR count). The third kappa shape index (κ3) is 5.45. The normalized spacial score (nSPS) is 18.9. The number of carbonyl (C=O) groups excluding carboxylic acids is 1. The first-order chi connectivity index (χ1) is 15.5.